The summed E-state index contributed by atoms with van der Waals surface area (Å²) < 4.78 is 3.23. The molecule has 0 radical (unpaired) electrons. The molecule has 0 spiro atoms. The third-order valence-electron chi connectivity index (χ3n) is 5.22. The predicted molar refractivity (Wildman–Crippen MR) is 92.3 cm³/mol. The third kappa shape index (κ3) is 3.70. The molecular formula is C17H30BrN3. The Hall–Kier alpha value is -0.350. The van der Waals surface area contributed by atoms with E-state index in [4.69, 9.17) is 5.73 Å². The van der Waals surface area contributed by atoms with Gasteiger partial charge in [-0.1, -0.05) is 27.7 Å². The minimum Gasteiger partial charge on any atom is -0.327 e. The van der Waals surface area contributed by atoms with Gasteiger partial charge < -0.3 is 5.73 Å². The van der Waals surface area contributed by atoms with Crippen LogP contribution in [0.25, 0.3) is 0 Å². The van der Waals surface area contributed by atoms with Crippen molar-refractivity contribution in [3.8, 4) is 0 Å². The molecule has 3 atom stereocenters. The van der Waals surface area contributed by atoms with Gasteiger partial charge in [-0.3, -0.25) is 4.68 Å². The highest BCUT2D eigenvalue weighted by molar-refractivity contribution is 9.10. The van der Waals surface area contributed by atoms with Crippen LogP contribution in [0.3, 0.4) is 0 Å². The number of rotatable bonds is 3. The van der Waals surface area contributed by atoms with Gasteiger partial charge in [-0.25, -0.2) is 0 Å². The van der Waals surface area contributed by atoms with E-state index in [1.54, 1.807) is 0 Å². The summed E-state index contributed by atoms with van der Waals surface area (Å²) >= 11 is 3.74. The molecule has 3 nitrogen and oxygen atoms in total. The highest BCUT2D eigenvalue weighted by Crippen LogP contribution is 2.41. The molecule has 2 rings (SSSR count). The first kappa shape index (κ1) is 17.0. The molecule has 0 amide bonds. The molecule has 0 saturated heterocycles. The van der Waals surface area contributed by atoms with Crippen molar-refractivity contribution in [2.24, 2.45) is 30.0 Å². The van der Waals surface area contributed by atoms with E-state index in [0.29, 0.717) is 17.4 Å². The van der Waals surface area contributed by atoms with Crippen LogP contribution in [0.5, 0.6) is 0 Å². The third-order valence-corrected chi connectivity index (χ3v) is 6.14. The molecule has 2 N–H and O–H groups in total. The van der Waals surface area contributed by atoms with Gasteiger partial charge in [0.2, 0.25) is 0 Å². The van der Waals surface area contributed by atoms with Crippen molar-refractivity contribution in [2.75, 3.05) is 0 Å². The van der Waals surface area contributed by atoms with Gasteiger partial charge >= 0.3 is 0 Å². The average molecular weight is 356 g/mol. The largest absolute Gasteiger partial charge is 0.327 e. The molecule has 1 saturated carbocycles. The lowest BCUT2D eigenvalue weighted by atomic mass is 9.67. The minimum atomic E-state index is 0.329. The van der Waals surface area contributed by atoms with Crippen molar-refractivity contribution in [3.05, 3.63) is 15.9 Å². The van der Waals surface area contributed by atoms with Gasteiger partial charge in [0.25, 0.3) is 0 Å². The fourth-order valence-electron chi connectivity index (χ4n) is 3.60. The molecule has 0 bridgehead atoms. The topological polar surface area (TPSA) is 43.8 Å². The van der Waals surface area contributed by atoms with Gasteiger partial charge in [0.1, 0.15) is 0 Å². The highest BCUT2D eigenvalue weighted by atomic mass is 79.9. The van der Waals surface area contributed by atoms with Crippen LogP contribution in [0.4, 0.5) is 0 Å². The van der Waals surface area contributed by atoms with Crippen molar-refractivity contribution in [3.63, 3.8) is 0 Å². The van der Waals surface area contributed by atoms with Gasteiger partial charge in [0.15, 0.2) is 0 Å². The van der Waals surface area contributed by atoms with Crippen LogP contribution in [-0.2, 0) is 19.9 Å². The van der Waals surface area contributed by atoms with Crippen LogP contribution in [0.15, 0.2) is 4.47 Å². The molecule has 1 aliphatic carbocycles. The lowest BCUT2D eigenvalue weighted by molar-refractivity contribution is 0.126. The summed E-state index contributed by atoms with van der Waals surface area (Å²) in [5, 5.41) is 4.62. The van der Waals surface area contributed by atoms with Gasteiger partial charge in [-0.15, -0.1) is 0 Å². The summed E-state index contributed by atoms with van der Waals surface area (Å²) in [7, 11) is 2.05. The summed E-state index contributed by atoms with van der Waals surface area (Å²) in [6, 6.07) is 0.329. The molecule has 120 valence electrons. The number of halogens is 1. The summed E-state index contributed by atoms with van der Waals surface area (Å²) in [5.41, 5.74) is 9.28. The zero-order valence-electron chi connectivity index (χ0n) is 14.1. The Morgan fingerprint density at radius 3 is 2.52 bits per heavy atom. The fraction of sp³-hybridized carbons (Fsp3) is 0.824. The Kier molecular flexibility index (Phi) is 5.19. The monoisotopic (exact) mass is 355 g/mol. The van der Waals surface area contributed by atoms with Gasteiger partial charge in [0.05, 0.1) is 15.9 Å². The molecule has 0 aromatic carbocycles. The van der Waals surface area contributed by atoms with E-state index in [-0.39, 0.29) is 0 Å². The van der Waals surface area contributed by atoms with Gasteiger partial charge in [0, 0.05) is 13.1 Å². The Morgan fingerprint density at radius 2 is 2.00 bits per heavy atom. The van der Waals surface area contributed by atoms with Crippen LogP contribution in [0.2, 0.25) is 0 Å². The molecule has 1 heterocycles. The first-order valence-electron chi connectivity index (χ1n) is 8.19. The van der Waals surface area contributed by atoms with Crippen molar-refractivity contribution in [1.29, 1.82) is 0 Å². The van der Waals surface area contributed by atoms with E-state index in [2.05, 4.69) is 55.8 Å². The predicted octanol–water partition coefficient (Wildman–Crippen LogP) is 4.08. The molecule has 0 aliphatic heterocycles. The van der Waals surface area contributed by atoms with E-state index in [1.807, 2.05) is 4.68 Å². The molecule has 1 aliphatic rings. The summed E-state index contributed by atoms with van der Waals surface area (Å²) in [4.78, 5) is 0. The van der Waals surface area contributed by atoms with E-state index >= 15 is 0 Å². The maximum Gasteiger partial charge on any atom is 0.0766 e. The number of aryl methyl sites for hydroxylation is 2. The van der Waals surface area contributed by atoms with Crippen LogP contribution in [-0.4, -0.2) is 15.8 Å². The molecule has 21 heavy (non-hydrogen) atoms. The zero-order valence-corrected chi connectivity index (χ0v) is 15.7. The Labute approximate surface area is 137 Å². The number of hydrogen-bond donors (Lipinski definition) is 1. The van der Waals surface area contributed by atoms with Crippen LogP contribution in [0.1, 0.15) is 58.3 Å². The van der Waals surface area contributed by atoms with Gasteiger partial charge in [-0.2, -0.15) is 5.10 Å². The normalized spacial score (nSPS) is 27.1. The Balaban J connectivity index is 2.16. The summed E-state index contributed by atoms with van der Waals surface area (Å²) in [6.07, 6.45) is 5.67. The van der Waals surface area contributed by atoms with Crippen LogP contribution < -0.4 is 5.73 Å². The van der Waals surface area contributed by atoms with E-state index in [1.165, 1.54) is 23.0 Å². The van der Waals surface area contributed by atoms with E-state index in [0.717, 1.165) is 30.9 Å². The first-order valence-corrected chi connectivity index (χ1v) is 8.99. The first-order chi connectivity index (χ1) is 9.74. The number of nitrogens with zero attached hydrogens (tertiary/aromatic N) is 2. The average Bonchev–Trinajstić information content (AvgIpc) is 2.67. The molecular weight excluding hydrogens is 326 g/mol. The lowest BCUT2D eigenvalue weighted by Gasteiger charge is -2.40. The van der Waals surface area contributed by atoms with Crippen molar-refractivity contribution in [1.82, 2.24) is 9.78 Å². The highest BCUT2D eigenvalue weighted by Gasteiger charge is 2.35. The maximum atomic E-state index is 6.43. The molecule has 1 fully saturated rings. The molecule has 4 heteroatoms. The number of hydrogen-bond acceptors (Lipinski definition) is 2. The van der Waals surface area contributed by atoms with Crippen LogP contribution in [0, 0.1) is 17.3 Å². The number of aromatic nitrogens is 2. The van der Waals surface area contributed by atoms with Crippen molar-refractivity contribution < 1.29 is 0 Å². The van der Waals surface area contributed by atoms with Crippen molar-refractivity contribution in [2.45, 2.75) is 65.8 Å². The quantitative estimate of drug-likeness (QED) is 0.887. The molecule has 3 unspecified atom stereocenters. The Morgan fingerprint density at radius 1 is 1.33 bits per heavy atom. The zero-order chi connectivity index (χ0) is 15.8. The standard InChI is InChI=1S/C17H30BrN3/c1-6-14-16(18)15(21(5)20-14)10-11-9-12(17(2,3)4)7-8-13(11)19/h11-13H,6-10,19H2,1-5H3. The van der Waals surface area contributed by atoms with Crippen LogP contribution >= 0.6 is 15.9 Å². The molecule has 1 aromatic rings. The second-order valence-electron chi connectivity index (χ2n) is 7.69. The fourth-order valence-corrected chi connectivity index (χ4v) is 4.38. The lowest BCUT2D eigenvalue weighted by Crippen LogP contribution is -2.40. The maximum absolute atomic E-state index is 6.43. The minimum absolute atomic E-state index is 0.329. The Bertz CT molecular complexity index is 487. The van der Waals surface area contributed by atoms with Gasteiger partial charge in [-0.05, 0) is 65.3 Å². The smallest absolute Gasteiger partial charge is 0.0766 e. The summed E-state index contributed by atoms with van der Waals surface area (Å²) in [6.45, 7) is 9.24. The molecule has 1 aromatic heterocycles. The second-order valence-corrected chi connectivity index (χ2v) is 8.48. The van der Waals surface area contributed by atoms with E-state index in [9.17, 15) is 0 Å². The second kappa shape index (κ2) is 6.41. The van der Waals surface area contributed by atoms with Crippen molar-refractivity contribution >= 4 is 15.9 Å². The van der Waals surface area contributed by atoms with E-state index < -0.39 is 0 Å². The summed E-state index contributed by atoms with van der Waals surface area (Å²) in [5.74, 6) is 1.35. The SMILES string of the molecule is CCc1nn(C)c(CC2CC(C(C)(C)C)CCC2N)c1Br. The number of nitrogens with two attached hydrogens (primary N) is 1.